The molecule has 0 saturated carbocycles. The van der Waals surface area contributed by atoms with Crippen LogP contribution in [0.5, 0.6) is 0 Å². The van der Waals surface area contributed by atoms with E-state index in [0.717, 1.165) is 12.2 Å². The van der Waals surface area contributed by atoms with Gasteiger partial charge in [0.15, 0.2) is 0 Å². The molecule has 0 spiro atoms. The molecule has 1 aliphatic rings. The highest BCUT2D eigenvalue weighted by molar-refractivity contribution is 5.06. The summed E-state index contributed by atoms with van der Waals surface area (Å²) >= 11 is 0. The average molecular weight is 174 g/mol. The second-order valence-corrected chi connectivity index (χ2v) is 3.07. The molecule has 0 atom stereocenters. The Morgan fingerprint density at radius 3 is 2.85 bits per heavy atom. The fourth-order valence-corrected chi connectivity index (χ4v) is 1.27. The Labute approximate surface area is 78.3 Å². The van der Waals surface area contributed by atoms with Crippen molar-refractivity contribution < 1.29 is 0 Å². The molecule has 3 nitrogen and oxygen atoms in total. The van der Waals surface area contributed by atoms with Crippen molar-refractivity contribution in [2.75, 3.05) is 7.05 Å². The van der Waals surface area contributed by atoms with Crippen LogP contribution in [0.3, 0.4) is 0 Å². The molecule has 0 fully saturated rings. The molecule has 1 radical (unpaired) electrons. The molecule has 0 saturated heterocycles. The van der Waals surface area contributed by atoms with Crippen LogP contribution in [-0.4, -0.2) is 21.8 Å². The van der Waals surface area contributed by atoms with Gasteiger partial charge in [-0.1, -0.05) is 6.07 Å². The van der Waals surface area contributed by atoms with Crippen molar-refractivity contribution in [1.29, 1.82) is 0 Å². The highest BCUT2D eigenvalue weighted by Crippen LogP contribution is 2.11. The lowest BCUT2D eigenvalue weighted by atomic mass is 10.3. The van der Waals surface area contributed by atoms with Crippen LogP contribution in [0.15, 0.2) is 36.8 Å². The van der Waals surface area contributed by atoms with Crippen LogP contribution in [-0.2, 0) is 6.54 Å². The molecule has 1 aliphatic heterocycles. The number of rotatable bonds is 2. The average Bonchev–Trinajstić information content (AvgIpc) is 2.53. The highest BCUT2D eigenvalue weighted by Gasteiger charge is 2.09. The Balaban J connectivity index is 1.96. The van der Waals surface area contributed by atoms with Crippen molar-refractivity contribution in [3.63, 3.8) is 0 Å². The topological polar surface area (TPSA) is 19.4 Å². The van der Waals surface area contributed by atoms with Gasteiger partial charge in [-0.3, -0.25) is 4.98 Å². The maximum atomic E-state index is 4.25. The summed E-state index contributed by atoms with van der Waals surface area (Å²) in [6, 6.07) is 5.96. The number of nitrogens with zero attached hydrogens (tertiary/aromatic N) is 3. The minimum atomic E-state index is 0.835. The van der Waals surface area contributed by atoms with Gasteiger partial charge < -0.3 is 9.80 Å². The molecule has 1 aromatic rings. The first kappa shape index (κ1) is 8.10. The molecule has 0 amide bonds. The standard InChI is InChI=1S/C10H12N3/c1-12-6-7-13(9-12)8-10-4-2-3-5-11-10/h2-7,9H,8H2,1H3. The van der Waals surface area contributed by atoms with Gasteiger partial charge in [-0.25, -0.2) is 0 Å². The fourth-order valence-electron chi connectivity index (χ4n) is 1.27. The lowest BCUT2D eigenvalue weighted by molar-refractivity contribution is 0.371. The van der Waals surface area contributed by atoms with E-state index in [1.165, 1.54) is 0 Å². The van der Waals surface area contributed by atoms with Crippen molar-refractivity contribution in [3.05, 3.63) is 49.2 Å². The molecule has 0 aliphatic carbocycles. The Morgan fingerprint density at radius 2 is 2.23 bits per heavy atom. The summed E-state index contributed by atoms with van der Waals surface area (Å²) in [5.41, 5.74) is 1.08. The first-order valence-electron chi connectivity index (χ1n) is 4.25. The van der Waals surface area contributed by atoms with Gasteiger partial charge in [-0.05, 0) is 12.1 Å². The van der Waals surface area contributed by atoms with E-state index in [2.05, 4.69) is 9.88 Å². The Morgan fingerprint density at radius 1 is 1.31 bits per heavy atom. The Hall–Kier alpha value is -1.51. The monoisotopic (exact) mass is 174 g/mol. The van der Waals surface area contributed by atoms with Gasteiger partial charge in [0.1, 0.15) is 6.67 Å². The normalized spacial score (nSPS) is 15.5. The second kappa shape index (κ2) is 3.47. The van der Waals surface area contributed by atoms with Crippen molar-refractivity contribution >= 4 is 0 Å². The molecule has 3 heteroatoms. The molecular formula is C10H12N3. The summed E-state index contributed by atoms with van der Waals surface area (Å²) in [6.45, 7) is 2.87. The number of hydrogen-bond donors (Lipinski definition) is 0. The largest absolute Gasteiger partial charge is 0.356 e. The first-order chi connectivity index (χ1) is 6.34. The molecule has 67 valence electrons. The zero-order valence-corrected chi connectivity index (χ0v) is 7.59. The molecule has 2 heterocycles. The van der Waals surface area contributed by atoms with E-state index in [1.807, 2.05) is 55.4 Å². The maximum absolute atomic E-state index is 4.25. The fraction of sp³-hybridized carbons (Fsp3) is 0.200. The van der Waals surface area contributed by atoms with Gasteiger partial charge in [0.25, 0.3) is 0 Å². The van der Waals surface area contributed by atoms with Gasteiger partial charge >= 0.3 is 0 Å². The van der Waals surface area contributed by atoms with Gasteiger partial charge in [-0.15, -0.1) is 0 Å². The molecule has 1 aromatic heterocycles. The second-order valence-electron chi connectivity index (χ2n) is 3.07. The third-order valence-electron chi connectivity index (χ3n) is 1.89. The van der Waals surface area contributed by atoms with E-state index < -0.39 is 0 Å². The lowest BCUT2D eigenvalue weighted by Crippen LogP contribution is -2.16. The zero-order valence-electron chi connectivity index (χ0n) is 7.59. The summed E-state index contributed by atoms with van der Waals surface area (Å²) in [5.74, 6) is 0. The summed E-state index contributed by atoms with van der Waals surface area (Å²) in [7, 11) is 2.01. The summed E-state index contributed by atoms with van der Waals surface area (Å²) in [5, 5.41) is 0. The lowest BCUT2D eigenvalue weighted by Gasteiger charge is -2.15. The Kier molecular flexibility index (Phi) is 2.17. The van der Waals surface area contributed by atoms with Crippen molar-refractivity contribution in [2.45, 2.75) is 6.54 Å². The van der Waals surface area contributed by atoms with Crippen LogP contribution in [0.25, 0.3) is 0 Å². The SMILES string of the molecule is CN1[CH]N(Cc2ccccn2)C=C1. The van der Waals surface area contributed by atoms with Gasteiger partial charge in [0.05, 0.1) is 12.2 Å². The van der Waals surface area contributed by atoms with Gasteiger partial charge in [-0.2, -0.15) is 0 Å². The summed E-state index contributed by atoms with van der Waals surface area (Å²) in [4.78, 5) is 8.37. The third kappa shape index (κ3) is 1.99. The van der Waals surface area contributed by atoms with Crippen LogP contribution in [0.2, 0.25) is 0 Å². The molecular weight excluding hydrogens is 162 g/mol. The number of aromatic nitrogens is 1. The molecule has 0 N–H and O–H groups in total. The van der Waals surface area contributed by atoms with E-state index in [1.54, 1.807) is 0 Å². The van der Waals surface area contributed by atoms with Crippen molar-refractivity contribution in [1.82, 2.24) is 14.8 Å². The maximum Gasteiger partial charge on any atom is 0.141 e. The van der Waals surface area contributed by atoms with E-state index in [0.29, 0.717) is 0 Å². The van der Waals surface area contributed by atoms with E-state index >= 15 is 0 Å². The van der Waals surface area contributed by atoms with Gasteiger partial charge in [0, 0.05) is 25.6 Å². The van der Waals surface area contributed by atoms with Crippen LogP contribution < -0.4 is 0 Å². The minimum absolute atomic E-state index is 0.835. The molecule has 0 aromatic carbocycles. The number of pyridine rings is 1. The molecule has 0 bridgehead atoms. The number of hydrogen-bond acceptors (Lipinski definition) is 3. The smallest absolute Gasteiger partial charge is 0.141 e. The van der Waals surface area contributed by atoms with Crippen LogP contribution in [0, 0.1) is 6.67 Å². The van der Waals surface area contributed by atoms with Crippen LogP contribution in [0.1, 0.15) is 5.69 Å². The predicted octanol–water partition coefficient (Wildman–Crippen LogP) is 1.42. The van der Waals surface area contributed by atoms with Crippen LogP contribution in [0.4, 0.5) is 0 Å². The Bertz CT molecular complexity index is 294. The molecule has 2 rings (SSSR count). The zero-order chi connectivity index (χ0) is 9.10. The third-order valence-corrected chi connectivity index (χ3v) is 1.89. The van der Waals surface area contributed by atoms with E-state index in [4.69, 9.17) is 0 Å². The van der Waals surface area contributed by atoms with E-state index in [-0.39, 0.29) is 0 Å². The molecule has 0 unspecified atom stereocenters. The quantitative estimate of drug-likeness (QED) is 0.676. The van der Waals surface area contributed by atoms with Crippen molar-refractivity contribution in [3.8, 4) is 0 Å². The highest BCUT2D eigenvalue weighted by atomic mass is 15.3. The van der Waals surface area contributed by atoms with E-state index in [9.17, 15) is 0 Å². The summed E-state index contributed by atoms with van der Waals surface area (Å²) in [6.07, 6.45) is 5.87. The van der Waals surface area contributed by atoms with Crippen molar-refractivity contribution in [2.24, 2.45) is 0 Å². The molecule has 13 heavy (non-hydrogen) atoms. The first-order valence-corrected chi connectivity index (χ1v) is 4.25. The summed E-state index contributed by atoms with van der Waals surface area (Å²) < 4.78 is 0. The minimum Gasteiger partial charge on any atom is -0.356 e. The predicted molar refractivity (Wildman–Crippen MR) is 51.0 cm³/mol. The van der Waals surface area contributed by atoms with Gasteiger partial charge in [0.2, 0.25) is 0 Å². The van der Waals surface area contributed by atoms with Crippen LogP contribution >= 0.6 is 0 Å².